The van der Waals surface area contributed by atoms with Crippen molar-refractivity contribution in [2.45, 2.75) is 20.3 Å². The molecule has 4 aromatic rings. The van der Waals surface area contributed by atoms with Gasteiger partial charge in [0.15, 0.2) is 5.82 Å². The lowest BCUT2D eigenvalue weighted by atomic mass is 10.0. The van der Waals surface area contributed by atoms with Gasteiger partial charge < -0.3 is 14.5 Å². The van der Waals surface area contributed by atoms with Gasteiger partial charge >= 0.3 is 0 Å². The predicted molar refractivity (Wildman–Crippen MR) is 137 cm³/mol. The molecule has 1 aliphatic rings. The number of aryl methyl sites for hydroxylation is 1. The van der Waals surface area contributed by atoms with E-state index in [0.717, 1.165) is 39.5 Å². The summed E-state index contributed by atoms with van der Waals surface area (Å²) < 4.78 is 6.09. The van der Waals surface area contributed by atoms with E-state index in [2.05, 4.69) is 27.1 Å². The van der Waals surface area contributed by atoms with Crippen LogP contribution in [0, 0.1) is 6.92 Å². The van der Waals surface area contributed by atoms with E-state index in [9.17, 15) is 4.79 Å². The monoisotopic (exact) mass is 465 g/mol. The van der Waals surface area contributed by atoms with Crippen LogP contribution in [-0.4, -0.2) is 41.1 Å². The summed E-state index contributed by atoms with van der Waals surface area (Å²) in [5.74, 6) is 2.12. The molecule has 0 fully saturated rings. The van der Waals surface area contributed by atoms with Crippen molar-refractivity contribution in [3.05, 3.63) is 90.0 Å². The minimum Gasteiger partial charge on any atom is -0.493 e. The van der Waals surface area contributed by atoms with Gasteiger partial charge in [0.2, 0.25) is 0 Å². The minimum absolute atomic E-state index is 0.0944. The molecule has 0 saturated heterocycles. The number of hydrogen-bond acceptors (Lipinski definition) is 6. The van der Waals surface area contributed by atoms with Crippen molar-refractivity contribution in [2.75, 3.05) is 30.0 Å². The Morgan fingerprint density at radius 2 is 1.77 bits per heavy atom. The van der Waals surface area contributed by atoms with Crippen LogP contribution >= 0.6 is 0 Å². The fraction of sp³-hybridized carbons (Fsp3) is 0.214. The molecule has 0 bridgehead atoms. The van der Waals surface area contributed by atoms with Gasteiger partial charge in [0.05, 0.1) is 17.9 Å². The Bertz CT molecular complexity index is 1370. The first kappa shape index (κ1) is 22.5. The summed E-state index contributed by atoms with van der Waals surface area (Å²) in [6, 6.07) is 15.8. The lowest BCUT2D eigenvalue weighted by Gasteiger charge is -2.22. The van der Waals surface area contributed by atoms with Crippen LogP contribution in [0.4, 0.5) is 17.3 Å². The second-order valence-corrected chi connectivity index (χ2v) is 8.48. The third-order valence-electron chi connectivity index (χ3n) is 6.25. The van der Waals surface area contributed by atoms with E-state index in [0.29, 0.717) is 31.0 Å². The molecule has 0 N–H and O–H groups in total. The van der Waals surface area contributed by atoms with Crippen molar-refractivity contribution in [3.8, 4) is 16.9 Å². The van der Waals surface area contributed by atoms with Gasteiger partial charge in [0.1, 0.15) is 11.6 Å². The van der Waals surface area contributed by atoms with Crippen LogP contribution < -0.4 is 14.5 Å². The van der Waals surface area contributed by atoms with Crippen LogP contribution in [0.3, 0.4) is 0 Å². The topological polar surface area (TPSA) is 71.5 Å². The number of amides is 1. The fourth-order valence-electron chi connectivity index (χ4n) is 4.37. The number of nitrogens with zero attached hydrogens (tertiary/aromatic N) is 5. The summed E-state index contributed by atoms with van der Waals surface area (Å²) in [7, 11) is 1.78. The number of ether oxygens (including phenoxy) is 1. The molecule has 5 rings (SSSR count). The maximum absolute atomic E-state index is 13.3. The van der Waals surface area contributed by atoms with E-state index in [1.807, 2.05) is 61.3 Å². The number of pyridine rings is 3. The zero-order chi connectivity index (χ0) is 24.4. The normalized spacial score (nSPS) is 12.7. The fourth-order valence-corrected chi connectivity index (χ4v) is 4.37. The third kappa shape index (κ3) is 4.33. The van der Waals surface area contributed by atoms with Gasteiger partial charge in [-0.1, -0.05) is 6.07 Å². The second kappa shape index (κ2) is 9.54. The smallest absolute Gasteiger partial charge is 0.261 e. The Balaban J connectivity index is 1.33. The molecule has 1 amide bonds. The van der Waals surface area contributed by atoms with E-state index in [1.165, 1.54) is 0 Å². The van der Waals surface area contributed by atoms with Crippen LogP contribution in [0.1, 0.15) is 28.4 Å². The number of aromatic nitrogens is 3. The molecular formula is C28H27N5O2. The van der Waals surface area contributed by atoms with Crippen LogP contribution in [-0.2, 0) is 6.42 Å². The van der Waals surface area contributed by atoms with Crippen molar-refractivity contribution in [3.63, 3.8) is 0 Å². The van der Waals surface area contributed by atoms with Crippen molar-refractivity contribution < 1.29 is 9.53 Å². The number of fused-ring (bicyclic) bond motifs is 2. The molecule has 0 unspecified atom stereocenters. The zero-order valence-corrected chi connectivity index (χ0v) is 20.1. The molecule has 1 aromatic carbocycles. The predicted octanol–water partition coefficient (Wildman–Crippen LogP) is 5.22. The maximum atomic E-state index is 13.3. The number of carbonyl (C=O) groups excluding carboxylic acids is 1. The number of hydrogen-bond donors (Lipinski definition) is 0. The van der Waals surface area contributed by atoms with E-state index in [-0.39, 0.29) is 5.91 Å². The lowest BCUT2D eigenvalue weighted by Crippen LogP contribution is -2.25. The number of anilines is 3. The first-order chi connectivity index (χ1) is 17.1. The van der Waals surface area contributed by atoms with Gasteiger partial charge in [-0.15, -0.1) is 0 Å². The van der Waals surface area contributed by atoms with Crippen molar-refractivity contribution in [2.24, 2.45) is 0 Å². The molecule has 0 saturated carbocycles. The molecule has 0 aliphatic carbocycles. The Hall–Kier alpha value is -4.26. The Labute approximate surface area is 205 Å². The van der Waals surface area contributed by atoms with Crippen LogP contribution in [0.25, 0.3) is 11.1 Å². The average molecular weight is 466 g/mol. The molecule has 3 aromatic heterocycles. The molecule has 0 atom stereocenters. The molecule has 1 aliphatic heterocycles. The highest BCUT2D eigenvalue weighted by Crippen LogP contribution is 2.37. The highest BCUT2D eigenvalue weighted by Gasteiger charge is 2.30. The summed E-state index contributed by atoms with van der Waals surface area (Å²) in [5, 5.41) is 0. The summed E-state index contributed by atoms with van der Waals surface area (Å²) in [5.41, 5.74) is 5.62. The molecule has 0 radical (unpaired) electrons. The van der Waals surface area contributed by atoms with E-state index in [4.69, 9.17) is 4.74 Å². The summed E-state index contributed by atoms with van der Waals surface area (Å²) in [4.78, 5) is 30.2. The molecule has 4 heterocycles. The van der Waals surface area contributed by atoms with Gasteiger partial charge in [-0.25, -0.2) is 9.97 Å². The summed E-state index contributed by atoms with van der Waals surface area (Å²) in [6.07, 6.45) is 7.79. The Kier molecular flexibility index (Phi) is 6.14. The summed E-state index contributed by atoms with van der Waals surface area (Å²) in [6.45, 7) is 5.22. The SMILES string of the molecule is CCN1c2ncc(CCOc3ccc(-c4ccncc4)cc3C)cc2C(=O)N(C)c2cccnc21. The molecular weight excluding hydrogens is 438 g/mol. The standard InChI is InChI=1S/C28H27N5O2/c1-4-33-26-23(28(34)32(3)24-6-5-12-30-27(24)33)17-20(18-31-26)11-15-35-25-8-7-22(16-19(25)2)21-9-13-29-14-10-21/h5-10,12-14,16-18H,4,11,15H2,1-3H3. The number of rotatable bonds is 6. The largest absolute Gasteiger partial charge is 0.493 e. The van der Waals surface area contributed by atoms with Crippen molar-refractivity contribution >= 4 is 23.2 Å². The van der Waals surface area contributed by atoms with Crippen molar-refractivity contribution in [1.29, 1.82) is 0 Å². The molecule has 7 nitrogen and oxygen atoms in total. The van der Waals surface area contributed by atoms with E-state index < -0.39 is 0 Å². The van der Waals surface area contributed by atoms with E-state index in [1.54, 1.807) is 30.5 Å². The van der Waals surface area contributed by atoms with E-state index >= 15 is 0 Å². The minimum atomic E-state index is -0.0944. The lowest BCUT2D eigenvalue weighted by molar-refractivity contribution is 0.0994. The zero-order valence-electron chi connectivity index (χ0n) is 20.1. The van der Waals surface area contributed by atoms with Gasteiger partial charge in [-0.3, -0.25) is 9.78 Å². The van der Waals surface area contributed by atoms with Crippen molar-refractivity contribution in [1.82, 2.24) is 15.0 Å². The highest BCUT2D eigenvalue weighted by molar-refractivity contribution is 6.12. The molecule has 35 heavy (non-hydrogen) atoms. The number of carbonyl (C=O) groups is 1. The Morgan fingerprint density at radius 1 is 0.943 bits per heavy atom. The molecule has 0 spiro atoms. The van der Waals surface area contributed by atoms with Crippen LogP contribution in [0.15, 0.2) is 73.3 Å². The highest BCUT2D eigenvalue weighted by atomic mass is 16.5. The Morgan fingerprint density at radius 3 is 2.54 bits per heavy atom. The summed E-state index contributed by atoms with van der Waals surface area (Å²) >= 11 is 0. The first-order valence-corrected chi connectivity index (χ1v) is 11.7. The van der Waals surface area contributed by atoms with Gasteiger partial charge in [0, 0.05) is 44.8 Å². The molecule has 176 valence electrons. The first-order valence-electron chi connectivity index (χ1n) is 11.7. The van der Waals surface area contributed by atoms with Gasteiger partial charge in [0.25, 0.3) is 5.91 Å². The van der Waals surface area contributed by atoms with Crippen LogP contribution in [0.5, 0.6) is 5.75 Å². The van der Waals surface area contributed by atoms with Crippen LogP contribution in [0.2, 0.25) is 0 Å². The van der Waals surface area contributed by atoms with Gasteiger partial charge in [-0.05, 0) is 78.6 Å². The quantitative estimate of drug-likeness (QED) is 0.389. The number of benzene rings is 1. The second-order valence-electron chi connectivity index (χ2n) is 8.48. The van der Waals surface area contributed by atoms with Gasteiger partial charge in [-0.2, -0.15) is 0 Å². The molecule has 7 heteroatoms. The average Bonchev–Trinajstić information content (AvgIpc) is 2.98. The third-order valence-corrected chi connectivity index (χ3v) is 6.25. The maximum Gasteiger partial charge on any atom is 0.261 e.